The van der Waals surface area contributed by atoms with E-state index >= 15 is 0 Å². The van der Waals surface area contributed by atoms with Crippen molar-refractivity contribution in [1.82, 2.24) is 0 Å². The van der Waals surface area contributed by atoms with Crippen molar-refractivity contribution in [1.29, 1.82) is 0 Å². The third kappa shape index (κ3) is 3.83. The van der Waals surface area contributed by atoms with Gasteiger partial charge >= 0.3 is 0 Å². The van der Waals surface area contributed by atoms with Crippen molar-refractivity contribution in [3.05, 3.63) is 33.8 Å². The minimum atomic E-state index is -1.20. The normalized spacial score (nSPS) is 14.3. The second-order valence-corrected chi connectivity index (χ2v) is 7.41. The molecule has 16 heavy (non-hydrogen) atoms. The lowest BCUT2D eigenvalue weighted by Crippen LogP contribution is -2.19. The zero-order valence-electron chi connectivity index (χ0n) is 9.95. The second-order valence-electron chi connectivity index (χ2n) is 4.62. The highest BCUT2D eigenvalue weighted by molar-refractivity contribution is 9.10. The average molecular weight is 302 g/mol. The predicted molar refractivity (Wildman–Crippen MR) is 74.4 cm³/mol. The van der Waals surface area contributed by atoms with Gasteiger partial charge < -0.3 is 0 Å². The van der Waals surface area contributed by atoms with Crippen molar-refractivity contribution in [2.75, 3.05) is 0 Å². The Morgan fingerprint density at radius 2 is 2.00 bits per heavy atom. The second kappa shape index (κ2) is 5.23. The largest absolute Gasteiger partial charge is 0.234 e. The summed E-state index contributed by atoms with van der Waals surface area (Å²) < 4.78 is 16.4. The molecule has 0 unspecified atom stereocenters. The van der Waals surface area contributed by atoms with Crippen LogP contribution >= 0.6 is 15.9 Å². The Morgan fingerprint density at radius 1 is 1.38 bits per heavy atom. The van der Waals surface area contributed by atoms with Gasteiger partial charge in [0.25, 0.3) is 0 Å². The van der Waals surface area contributed by atoms with Crippen molar-refractivity contribution in [3.8, 4) is 0 Å². The van der Waals surface area contributed by atoms with Gasteiger partial charge in [0.1, 0.15) is 11.0 Å². The van der Waals surface area contributed by atoms with E-state index in [4.69, 9.17) is 0 Å². The van der Waals surface area contributed by atoms with Crippen LogP contribution in [-0.2, 0) is 11.0 Å². The van der Waals surface area contributed by atoms with Crippen molar-refractivity contribution in [3.63, 3.8) is 0 Å². The molecule has 0 aliphatic rings. The summed E-state index contributed by atoms with van der Waals surface area (Å²) in [7, 11) is -1.20. The zero-order chi connectivity index (χ0) is 12.3. The predicted octanol–water partition coefficient (Wildman–Crippen LogP) is 3.64. The summed E-state index contributed by atoms with van der Waals surface area (Å²) in [5.41, 5.74) is 2.13. The SMILES string of the molecule is Cc1ccc(C=N[S@](=O)C(C)(C)C)c(Br)c1. The number of rotatable bonds is 2. The van der Waals surface area contributed by atoms with Crippen LogP contribution in [0.1, 0.15) is 31.9 Å². The van der Waals surface area contributed by atoms with Crippen LogP contribution in [-0.4, -0.2) is 15.2 Å². The molecule has 1 rings (SSSR count). The first-order chi connectivity index (χ1) is 7.30. The van der Waals surface area contributed by atoms with Crippen molar-refractivity contribution < 1.29 is 4.21 Å². The maximum atomic E-state index is 11.7. The van der Waals surface area contributed by atoms with Crippen LogP contribution in [0.15, 0.2) is 27.1 Å². The van der Waals surface area contributed by atoms with E-state index in [2.05, 4.69) is 20.3 Å². The molecule has 0 bridgehead atoms. The van der Waals surface area contributed by atoms with Gasteiger partial charge in [0.2, 0.25) is 0 Å². The molecule has 4 heteroatoms. The van der Waals surface area contributed by atoms with Crippen molar-refractivity contribution in [2.45, 2.75) is 32.4 Å². The van der Waals surface area contributed by atoms with Crippen molar-refractivity contribution >= 4 is 33.1 Å². The van der Waals surface area contributed by atoms with Crippen LogP contribution in [0.2, 0.25) is 0 Å². The molecule has 0 heterocycles. The lowest BCUT2D eigenvalue weighted by atomic mass is 10.2. The Morgan fingerprint density at radius 3 is 2.50 bits per heavy atom. The van der Waals surface area contributed by atoms with Gasteiger partial charge in [-0.1, -0.05) is 28.1 Å². The lowest BCUT2D eigenvalue weighted by Gasteiger charge is -2.12. The zero-order valence-corrected chi connectivity index (χ0v) is 12.4. The minimum absolute atomic E-state index is 0.312. The van der Waals surface area contributed by atoms with Crippen LogP contribution < -0.4 is 0 Å². The first kappa shape index (κ1) is 13.6. The van der Waals surface area contributed by atoms with Gasteiger partial charge in [0.15, 0.2) is 0 Å². The van der Waals surface area contributed by atoms with Crippen LogP contribution in [0.5, 0.6) is 0 Å². The van der Waals surface area contributed by atoms with Gasteiger partial charge in [-0.25, -0.2) is 4.21 Å². The summed E-state index contributed by atoms with van der Waals surface area (Å²) in [4.78, 5) is 0. The fourth-order valence-electron chi connectivity index (χ4n) is 1.000. The molecule has 0 saturated heterocycles. The molecule has 0 aromatic heterocycles. The number of hydrogen-bond acceptors (Lipinski definition) is 1. The number of nitrogens with zero attached hydrogens (tertiary/aromatic N) is 1. The Labute approximate surface area is 108 Å². The molecule has 1 aromatic carbocycles. The summed E-state index contributed by atoms with van der Waals surface area (Å²) in [5, 5.41) is 0. The van der Waals surface area contributed by atoms with E-state index in [0.717, 1.165) is 10.0 Å². The van der Waals surface area contributed by atoms with Gasteiger partial charge in [-0.2, -0.15) is 4.40 Å². The fourth-order valence-corrected chi connectivity index (χ4v) is 2.12. The molecule has 2 nitrogen and oxygen atoms in total. The van der Waals surface area contributed by atoms with Crippen molar-refractivity contribution in [2.24, 2.45) is 4.40 Å². The highest BCUT2D eigenvalue weighted by atomic mass is 79.9. The molecule has 0 saturated carbocycles. The number of benzene rings is 1. The minimum Gasteiger partial charge on any atom is -0.234 e. The molecule has 0 fully saturated rings. The number of aryl methyl sites for hydroxylation is 1. The van der Waals surface area contributed by atoms with E-state index in [-0.39, 0.29) is 4.75 Å². The number of hydrogen-bond donors (Lipinski definition) is 0. The van der Waals surface area contributed by atoms with Gasteiger partial charge in [0, 0.05) is 16.3 Å². The maximum absolute atomic E-state index is 11.7. The molecular formula is C12H16BrNOS. The molecule has 88 valence electrons. The smallest absolute Gasteiger partial charge is 0.144 e. The van der Waals surface area contributed by atoms with Crippen LogP contribution in [0.3, 0.4) is 0 Å². The van der Waals surface area contributed by atoms with E-state index in [1.54, 1.807) is 6.21 Å². The number of halogens is 1. The van der Waals surface area contributed by atoms with Crippen LogP contribution in [0, 0.1) is 6.92 Å². The topological polar surface area (TPSA) is 29.4 Å². The van der Waals surface area contributed by atoms with Crippen LogP contribution in [0.25, 0.3) is 0 Å². The van der Waals surface area contributed by atoms with Crippen LogP contribution in [0.4, 0.5) is 0 Å². The average Bonchev–Trinajstić information content (AvgIpc) is 2.14. The first-order valence-electron chi connectivity index (χ1n) is 5.03. The highest BCUT2D eigenvalue weighted by Gasteiger charge is 2.18. The lowest BCUT2D eigenvalue weighted by molar-refractivity contribution is 0.651. The van der Waals surface area contributed by atoms with E-state index in [9.17, 15) is 4.21 Å². The van der Waals surface area contributed by atoms with E-state index in [1.807, 2.05) is 45.9 Å². The first-order valence-corrected chi connectivity index (χ1v) is 6.93. The summed E-state index contributed by atoms with van der Waals surface area (Å²) in [6.07, 6.45) is 1.66. The summed E-state index contributed by atoms with van der Waals surface area (Å²) in [6.45, 7) is 7.75. The van der Waals surface area contributed by atoms with Gasteiger partial charge in [0.05, 0.1) is 4.75 Å². The van der Waals surface area contributed by atoms with Gasteiger partial charge in [-0.3, -0.25) is 0 Å². The molecule has 0 aliphatic heterocycles. The highest BCUT2D eigenvalue weighted by Crippen LogP contribution is 2.18. The van der Waals surface area contributed by atoms with Gasteiger partial charge in [-0.15, -0.1) is 0 Å². The molecular weight excluding hydrogens is 286 g/mol. The summed E-state index contributed by atoms with van der Waals surface area (Å²) in [5.74, 6) is 0. The van der Waals surface area contributed by atoms with E-state index in [0.29, 0.717) is 0 Å². The molecule has 1 atom stereocenters. The molecule has 1 aromatic rings. The van der Waals surface area contributed by atoms with Gasteiger partial charge in [-0.05, 0) is 39.3 Å². The Bertz CT molecular complexity index is 435. The summed E-state index contributed by atoms with van der Waals surface area (Å²) in [6, 6.07) is 5.98. The molecule has 0 N–H and O–H groups in total. The Hall–Kier alpha value is -0.480. The van der Waals surface area contributed by atoms with E-state index < -0.39 is 11.0 Å². The third-order valence-corrected chi connectivity index (χ3v) is 4.00. The third-order valence-electron chi connectivity index (χ3n) is 1.97. The monoisotopic (exact) mass is 301 g/mol. The summed E-state index contributed by atoms with van der Waals surface area (Å²) >= 11 is 3.46. The molecule has 0 amide bonds. The molecule has 0 spiro atoms. The molecule has 0 radical (unpaired) electrons. The standard InChI is InChI=1S/C12H16BrNOS/c1-9-5-6-10(11(13)7-9)8-14-16(15)12(2,3)4/h5-8H,1-4H3/t16-/m1/s1. The molecule has 0 aliphatic carbocycles. The Balaban J connectivity index is 2.89. The quantitative estimate of drug-likeness (QED) is 0.767. The Kier molecular flexibility index (Phi) is 4.44. The maximum Gasteiger partial charge on any atom is 0.144 e. The van der Waals surface area contributed by atoms with E-state index in [1.165, 1.54) is 5.56 Å². The fraction of sp³-hybridized carbons (Fsp3) is 0.417.